The van der Waals surface area contributed by atoms with E-state index in [2.05, 4.69) is 44.7 Å². The summed E-state index contributed by atoms with van der Waals surface area (Å²) in [5.41, 5.74) is 3.40. The van der Waals surface area contributed by atoms with Crippen molar-refractivity contribution in [3.8, 4) is 0 Å². The number of benzene rings is 1. The molecular formula is C18H23Cl2N5O2. The standard InChI is InChI=1S/C18H21N5O2.2ClH/c24-18(22-25)9-7-15-6-8-17(21-20-15)19-16-10-11-23(13-16)12-14-4-2-1-3-5-14;;/h1-9,16,25H,10-13H2,(H,19,21)(H,22,24);2*1H/t16-;;/m1../s1. The first kappa shape index (κ1) is 22.9. The normalized spacial score (nSPS) is 16.4. The van der Waals surface area contributed by atoms with Gasteiger partial charge in [0.1, 0.15) is 5.82 Å². The quantitative estimate of drug-likeness (QED) is 0.384. The van der Waals surface area contributed by atoms with E-state index in [0.717, 1.165) is 31.9 Å². The average Bonchev–Trinajstić information content (AvgIpc) is 3.08. The molecule has 2 heterocycles. The molecule has 146 valence electrons. The zero-order valence-electron chi connectivity index (χ0n) is 14.6. The molecule has 0 unspecified atom stereocenters. The number of carbonyl (C=O) groups is 1. The maximum absolute atomic E-state index is 10.9. The molecule has 1 atom stereocenters. The van der Waals surface area contributed by atoms with E-state index in [4.69, 9.17) is 5.21 Å². The topological polar surface area (TPSA) is 90.4 Å². The minimum Gasteiger partial charge on any atom is -0.365 e. The third-order valence-electron chi connectivity index (χ3n) is 4.07. The molecule has 0 bridgehead atoms. The van der Waals surface area contributed by atoms with Gasteiger partial charge >= 0.3 is 0 Å². The molecule has 7 nitrogen and oxygen atoms in total. The fourth-order valence-electron chi connectivity index (χ4n) is 2.85. The number of hydrogen-bond acceptors (Lipinski definition) is 6. The number of carbonyl (C=O) groups excluding carboxylic acids is 1. The second kappa shape index (κ2) is 11.5. The number of aromatic nitrogens is 2. The number of rotatable bonds is 6. The minimum absolute atomic E-state index is 0. The molecule has 0 spiro atoms. The Morgan fingerprint density at radius 1 is 1.19 bits per heavy atom. The average molecular weight is 412 g/mol. The number of hydroxylamine groups is 1. The summed E-state index contributed by atoms with van der Waals surface area (Å²) in [7, 11) is 0. The first-order chi connectivity index (χ1) is 12.2. The molecule has 0 saturated carbocycles. The summed E-state index contributed by atoms with van der Waals surface area (Å²) in [6, 6.07) is 14.4. The highest BCUT2D eigenvalue weighted by molar-refractivity contribution is 5.90. The molecule has 9 heteroatoms. The second-order valence-corrected chi connectivity index (χ2v) is 6.00. The summed E-state index contributed by atoms with van der Waals surface area (Å²) in [4.78, 5) is 13.4. The van der Waals surface area contributed by atoms with Crippen LogP contribution in [0.3, 0.4) is 0 Å². The number of hydrogen-bond donors (Lipinski definition) is 3. The van der Waals surface area contributed by atoms with E-state index in [-0.39, 0.29) is 24.8 Å². The Morgan fingerprint density at radius 3 is 2.63 bits per heavy atom. The molecule has 2 aromatic rings. The van der Waals surface area contributed by atoms with Gasteiger partial charge in [-0.1, -0.05) is 30.3 Å². The number of nitrogens with one attached hydrogen (secondary N) is 2. The SMILES string of the molecule is Cl.Cl.O=C(C=Cc1ccc(N[C@@H]2CCN(Cc3ccccc3)C2)nn1)NO. The van der Waals surface area contributed by atoms with Crippen molar-refractivity contribution in [1.82, 2.24) is 20.6 Å². The van der Waals surface area contributed by atoms with Gasteiger partial charge in [0.2, 0.25) is 0 Å². The molecule has 1 saturated heterocycles. The van der Waals surface area contributed by atoms with Crippen LogP contribution >= 0.6 is 24.8 Å². The van der Waals surface area contributed by atoms with Crippen molar-refractivity contribution >= 4 is 42.6 Å². The Bertz CT molecular complexity index is 728. The number of halogens is 2. The summed E-state index contributed by atoms with van der Waals surface area (Å²) < 4.78 is 0. The van der Waals surface area contributed by atoms with Crippen LogP contribution in [0.25, 0.3) is 6.08 Å². The van der Waals surface area contributed by atoms with Gasteiger partial charge in [-0.25, -0.2) is 5.48 Å². The highest BCUT2D eigenvalue weighted by atomic mass is 35.5. The van der Waals surface area contributed by atoms with Crippen molar-refractivity contribution in [1.29, 1.82) is 0 Å². The lowest BCUT2D eigenvalue weighted by molar-refractivity contribution is -0.124. The zero-order valence-corrected chi connectivity index (χ0v) is 16.2. The first-order valence-electron chi connectivity index (χ1n) is 8.21. The summed E-state index contributed by atoms with van der Waals surface area (Å²) in [6.45, 7) is 2.98. The predicted octanol–water partition coefficient (Wildman–Crippen LogP) is 2.53. The number of anilines is 1. The smallest absolute Gasteiger partial charge is 0.267 e. The molecule has 3 N–H and O–H groups in total. The van der Waals surface area contributed by atoms with Crippen molar-refractivity contribution < 1.29 is 10.0 Å². The first-order valence-corrected chi connectivity index (χ1v) is 8.21. The van der Waals surface area contributed by atoms with Gasteiger partial charge in [0.15, 0.2) is 0 Å². The molecule has 1 fully saturated rings. The second-order valence-electron chi connectivity index (χ2n) is 6.00. The van der Waals surface area contributed by atoms with E-state index in [1.165, 1.54) is 23.2 Å². The highest BCUT2D eigenvalue weighted by Crippen LogP contribution is 2.16. The Morgan fingerprint density at radius 2 is 1.96 bits per heavy atom. The van der Waals surface area contributed by atoms with Crippen molar-refractivity contribution in [2.24, 2.45) is 0 Å². The van der Waals surface area contributed by atoms with E-state index >= 15 is 0 Å². The van der Waals surface area contributed by atoms with Crippen molar-refractivity contribution in [3.05, 3.63) is 59.8 Å². The van der Waals surface area contributed by atoms with Gasteiger partial charge in [-0.05, 0) is 30.2 Å². The molecule has 0 aliphatic carbocycles. The van der Waals surface area contributed by atoms with Crippen LogP contribution in [0.15, 0.2) is 48.5 Å². The van der Waals surface area contributed by atoms with Crippen LogP contribution < -0.4 is 10.8 Å². The lowest BCUT2D eigenvalue weighted by Crippen LogP contribution is -2.26. The third kappa shape index (κ3) is 7.15. The fraction of sp³-hybridized carbons (Fsp3) is 0.278. The number of amides is 1. The van der Waals surface area contributed by atoms with E-state index in [0.29, 0.717) is 11.7 Å². The fourth-order valence-corrected chi connectivity index (χ4v) is 2.85. The Kier molecular flexibility index (Phi) is 9.74. The summed E-state index contributed by atoms with van der Waals surface area (Å²) >= 11 is 0. The summed E-state index contributed by atoms with van der Waals surface area (Å²) in [5, 5.41) is 20.0. The van der Waals surface area contributed by atoms with Gasteiger partial charge in [0.25, 0.3) is 5.91 Å². The van der Waals surface area contributed by atoms with Crippen LogP contribution in [0.1, 0.15) is 17.7 Å². The monoisotopic (exact) mass is 411 g/mol. The maximum Gasteiger partial charge on any atom is 0.267 e. The molecule has 1 aromatic heterocycles. The van der Waals surface area contributed by atoms with Gasteiger partial charge in [-0.15, -0.1) is 35.0 Å². The summed E-state index contributed by atoms with van der Waals surface area (Å²) in [5.74, 6) is 0.115. The van der Waals surface area contributed by atoms with Crippen LogP contribution in [-0.4, -0.2) is 45.3 Å². The predicted molar refractivity (Wildman–Crippen MR) is 109 cm³/mol. The van der Waals surface area contributed by atoms with Gasteiger partial charge in [0.05, 0.1) is 5.69 Å². The molecule has 1 aromatic carbocycles. The third-order valence-corrected chi connectivity index (χ3v) is 4.07. The van der Waals surface area contributed by atoms with E-state index in [1.807, 2.05) is 12.1 Å². The van der Waals surface area contributed by atoms with Gasteiger partial charge in [-0.3, -0.25) is 14.9 Å². The molecular weight excluding hydrogens is 389 g/mol. The van der Waals surface area contributed by atoms with Gasteiger partial charge in [-0.2, -0.15) is 0 Å². The van der Waals surface area contributed by atoms with Crippen molar-refractivity contribution in [2.45, 2.75) is 19.0 Å². The molecule has 0 radical (unpaired) electrons. The molecule has 27 heavy (non-hydrogen) atoms. The van der Waals surface area contributed by atoms with E-state index in [9.17, 15) is 4.79 Å². The van der Waals surface area contributed by atoms with Crippen LogP contribution in [0, 0.1) is 0 Å². The Balaban J connectivity index is 0.00000182. The van der Waals surface area contributed by atoms with Gasteiger partial charge in [0, 0.05) is 31.8 Å². The van der Waals surface area contributed by atoms with E-state index in [1.54, 1.807) is 6.07 Å². The molecule has 1 aliphatic rings. The van der Waals surface area contributed by atoms with Crippen LogP contribution in [0.4, 0.5) is 5.82 Å². The van der Waals surface area contributed by atoms with E-state index < -0.39 is 5.91 Å². The lowest BCUT2D eigenvalue weighted by atomic mass is 10.2. The van der Waals surface area contributed by atoms with Crippen LogP contribution in [0.5, 0.6) is 0 Å². The van der Waals surface area contributed by atoms with Gasteiger partial charge < -0.3 is 5.32 Å². The maximum atomic E-state index is 10.9. The van der Waals surface area contributed by atoms with Crippen LogP contribution in [0.2, 0.25) is 0 Å². The summed E-state index contributed by atoms with van der Waals surface area (Å²) in [6.07, 6.45) is 3.74. The molecule has 3 rings (SSSR count). The van der Waals surface area contributed by atoms with Crippen molar-refractivity contribution in [2.75, 3.05) is 18.4 Å². The minimum atomic E-state index is -0.603. The lowest BCUT2D eigenvalue weighted by Gasteiger charge is -2.17. The number of nitrogens with zero attached hydrogens (tertiary/aromatic N) is 3. The molecule has 1 aliphatic heterocycles. The Hall–Kier alpha value is -2.19. The number of likely N-dealkylation sites (tertiary alicyclic amines) is 1. The van der Waals surface area contributed by atoms with Crippen molar-refractivity contribution in [3.63, 3.8) is 0 Å². The largest absolute Gasteiger partial charge is 0.365 e. The molecule has 1 amide bonds. The highest BCUT2D eigenvalue weighted by Gasteiger charge is 2.22. The zero-order chi connectivity index (χ0) is 17.5. The Labute approximate surface area is 170 Å². The van der Waals surface area contributed by atoms with Crippen LogP contribution in [-0.2, 0) is 11.3 Å².